The number of aromatic nitrogens is 2. The summed E-state index contributed by atoms with van der Waals surface area (Å²) in [4.78, 5) is 3.07. The summed E-state index contributed by atoms with van der Waals surface area (Å²) in [5, 5.41) is 0.574. The van der Waals surface area contributed by atoms with Crippen LogP contribution in [-0.2, 0) is 16.6 Å². The summed E-state index contributed by atoms with van der Waals surface area (Å²) in [5.41, 5.74) is 0.931. The van der Waals surface area contributed by atoms with Crippen molar-refractivity contribution >= 4 is 44.9 Å². The van der Waals surface area contributed by atoms with Crippen molar-refractivity contribution in [3.8, 4) is 0 Å². The maximum Gasteiger partial charge on any atom is 0.209 e. The molecule has 2 rings (SSSR count). The number of nitrogens with one attached hydrogen (secondary N) is 2. The zero-order valence-electron chi connectivity index (χ0n) is 11.4. The number of imidazole rings is 1. The van der Waals surface area contributed by atoms with Crippen LogP contribution in [0.4, 0.5) is 0 Å². The molecule has 0 radical (unpaired) electrons. The SMILES string of the molecule is CC(C)(Cn1c(=S)[nH]c2cccc(Cl)c21)NS(C)(=O)=O. The van der Waals surface area contributed by atoms with Gasteiger partial charge in [0.15, 0.2) is 4.77 Å². The molecule has 0 saturated heterocycles. The van der Waals surface area contributed by atoms with Gasteiger partial charge in [0.2, 0.25) is 10.0 Å². The Morgan fingerprint density at radius 1 is 1.45 bits per heavy atom. The molecule has 0 aliphatic heterocycles. The highest BCUT2D eigenvalue weighted by Crippen LogP contribution is 2.24. The molecule has 0 fully saturated rings. The smallest absolute Gasteiger partial charge is 0.209 e. The normalized spacial score (nSPS) is 13.0. The van der Waals surface area contributed by atoms with Crippen LogP contribution in [0.25, 0.3) is 11.0 Å². The van der Waals surface area contributed by atoms with Gasteiger partial charge in [-0.25, -0.2) is 13.1 Å². The first-order chi connectivity index (χ1) is 9.09. The van der Waals surface area contributed by atoms with Crippen LogP contribution in [0, 0.1) is 4.77 Å². The molecule has 1 aromatic carbocycles. The van der Waals surface area contributed by atoms with Crippen molar-refractivity contribution < 1.29 is 8.42 Å². The van der Waals surface area contributed by atoms with Gasteiger partial charge in [-0.3, -0.25) is 0 Å². The van der Waals surface area contributed by atoms with Gasteiger partial charge in [0.05, 0.1) is 22.3 Å². The lowest BCUT2D eigenvalue weighted by atomic mass is 10.1. The number of sulfonamides is 1. The second-order valence-corrected chi connectivity index (χ2v) is 7.95. The zero-order valence-corrected chi connectivity index (χ0v) is 13.8. The van der Waals surface area contributed by atoms with Crippen molar-refractivity contribution in [2.24, 2.45) is 0 Å². The Labute approximate surface area is 128 Å². The van der Waals surface area contributed by atoms with E-state index in [0.717, 1.165) is 17.3 Å². The first-order valence-corrected chi connectivity index (χ1v) is 8.63. The Bertz CT molecular complexity index is 806. The Hall–Kier alpha value is -0.890. The van der Waals surface area contributed by atoms with Gasteiger partial charge in [-0.2, -0.15) is 0 Å². The number of H-pyrrole nitrogens is 1. The number of halogens is 1. The van der Waals surface area contributed by atoms with Crippen molar-refractivity contribution in [1.82, 2.24) is 14.3 Å². The van der Waals surface area contributed by atoms with Crippen LogP contribution >= 0.6 is 23.8 Å². The molecule has 2 N–H and O–H groups in total. The van der Waals surface area contributed by atoms with Gasteiger partial charge < -0.3 is 9.55 Å². The van der Waals surface area contributed by atoms with Gasteiger partial charge in [0.1, 0.15) is 0 Å². The highest BCUT2D eigenvalue weighted by atomic mass is 35.5. The summed E-state index contributed by atoms with van der Waals surface area (Å²) in [7, 11) is -3.30. The van der Waals surface area contributed by atoms with Crippen molar-refractivity contribution in [3.05, 3.63) is 28.0 Å². The second kappa shape index (κ2) is 5.14. The standard InChI is InChI=1S/C12H16ClN3O2S2/c1-12(2,15-20(3,17)18)7-16-10-8(13)5-4-6-9(10)14-11(16)19/h4-6,15H,7H2,1-3H3,(H,14,19). The van der Waals surface area contributed by atoms with E-state index in [1.54, 1.807) is 19.9 Å². The quantitative estimate of drug-likeness (QED) is 0.845. The Kier molecular flexibility index (Phi) is 3.98. The van der Waals surface area contributed by atoms with Crippen LogP contribution in [0.3, 0.4) is 0 Å². The maximum atomic E-state index is 11.4. The minimum absolute atomic E-state index is 0.378. The molecule has 5 nitrogen and oxygen atoms in total. The number of fused-ring (bicyclic) bond motifs is 1. The molecule has 20 heavy (non-hydrogen) atoms. The maximum absolute atomic E-state index is 11.4. The van der Waals surface area contributed by atoms with Gasteiger partial charge in [0.25, 0.3) is 0 Å². The first-order valence-electron chi connectivity index (χ1n) is 5.95. The third-order valence-electron chi connectivity index (χ3n) is 2.76. The topological polar surface area (TPSA) is 66.9 Å². The van der Waals surface area contributed by atoms with Crippen LogP contribution in [-0.4, -0.2) is 29.8 Å². The molecule has 0 unspecified atom stereocenters. The van der Waals surface area contributed by atoms with Crippen LogP contribution in [0.5, 0.6) is 0 Å². The van der Waals surface area contributed by atoms with Gasteiger partial charge in [-0.15, -0.1) is 0 Å². The van der Waals surface area contributed by atoms with Crippen LogP contribution in [0.1, 0.15) is 13.8 Å². The van der Waals surface area contributed by atoms with E-state index in [1.807, 2.05) is 16.7 Å². The summed E-state index contributed by atoms with van der Waals surface area (Å²) in [6.07, 6.45) is 1.14. The summed E-state index contributed by atoms with van der Waals surface area (Å²) < 4.78 is 27.7. The highest BCUT2D eigenvalue weighted by molar-refractivity contribution is 7.88. The summed E-state index contributed by atoms with van der Waals surface area (Å²) in [6, 6.07) is 5.49. The molecule has 110 valence electrons. The zero-order chi connectivity index (χ0) is 15.1. The van der Waals surface area contributed by atoms with E-state index in [2.05, 4.69) is 9.71 Å². The van der Waals surface area contributed by atoms with Gasteiger partial charge >= 0.3 is 0 Å². The Balaban J connectivity index is 2.49. The molecule has 0 atom stereocenters. The van der Waals surface area contributed by atoms with Crippen molar-refractivity contribution in [2.75, 3.05) is 6.26 Å². The molecule has 0 bridgehead atoms. The number of para-hydroxylation sites is 1. The summed E-state index contributed by atoms with van der Waals surface area (Å²) in [5.74, 6) is 0. The third kappa shape index (κ3) is 3.41. The molecule has 1 aromatic heterocycles. The number of nitrogens with zero attached hydrogens (tertiary/aromatic N) is 1. The monoisotopic (exact) mass is 333 g/mol. The van der Waals surface area contributed by atoms with Gasteiger partial charge in [0, 0.05) is 12.1 Å². The molecule has 0 aliphatic carbocycles. The molecular weight excluding hydrogens is 318 g/mol. The number of hydrogen-bond acceptors (Lipinski definition) is 3. The molecule has 0 saturated carbocycles. The lowest BCUT2D eigenvalue weighted by Gasteiger charge is -2.25. The van der Waals surface area contributed by atoms with Crippen LogP contribution in [0.2, 0.25) is 5.02 Å². The fourth-order valence-electron chi connectivity index (χ4n) is 2.26. The van der Waals surface area contributed by atoms with Crippen LogP contribution in [0.15, 0.2) is 18.2 Å². The molecule has 2 aromatic rings. The minimum atomic E-state index is -3.30. The average Bonchev–Trinajstić information content (AvgIpc) is 2.52. The van der Waals surface area contributed by atoms with E-state index >= 15 is 0 Å². The second-order valence-electron chi connectivity index (χ2n) is 5.41. The van der Waals surface area contributed by atoms with E-state index < -0.39 is 15.6 Å². The summed E-state index contributed by atoms with van der Waals surface area (Å²) in [6.45, 7) is 3.97. The molecular formula is C12H16ClN3O2S2. The molecule has 0 amide bonds. The van der Waals surface area contributed by atoms with Crippen molar-refractivity contribution in [1.29, 1.82) is 0 Å². The lowest BCUT2D eigenvalue weighted by molar-refractivity contribution is 0.394. The number of hydrogen-bond donors (Lipinski definition) is 2. The number of rotatable bonds is 4. The van der Waals surface area contributed by atoms with E-state index in [-0.39, 0.29) is 0 Å². The Morgan fingerprint density at radius 2 is 2.10 bits per heavy atom. The molecule has 1 heterocycles. The van der Waals surface area contributed by atoms with Gasteiger partial charge in [-0.1, -0.05) is 17.7 Å². The first kappa shape index (κ1) is 15.5. The van der Waals surface area contributed by atoms with E-state index in [9.17, 15) is 8.42 Å². The molecule has 8 heteroatoms. The largest absolute Gasteiger partial charge is 0.331 e. The minimum Gasteiger partial charge on any atom is -0.331 e. The predicted molar refractivity (Wildman–Crippen MR) is 84.2 cm³/mol. The van der Waals surface area contributed by atoms with Crippen molar-refractivity contribution in [2.45, 2.75) is 25.9 Å². The summed E-state index contributed by atoms with van der Waals surface area (Å²) >= 11 is 11.5. The van der Waals surface area contributed by atoms with E-state index in [1.165, 1.54) is 0 Å². The predicted octanol–water partition coefficient (Wildman–Crippen LogP) is 2.68. The van der Waals surface area contributed by atoms with Crippen molar-refractivity contribution in [3.63, 3.8) is 0 Å². The number of benzene rings is 1. The van der Waals surface area contributed by atoms with Gasteiger partial charge in [-0.05, 0) is 38.2 Å². The lowest BCUT2D eigenvalue weighted by Crippen LogP contribution is -2.46. The molecule has 0 aliphatic rings. The highest BCUT2D eigenvalue weighted by Gasteiger charge is 2.24. The Morgan fingerprint density at radius 3 is 2.70 bits per heavy atom. The van der Waals surface area contributed by atoms with Crippen LogP contribution < -0.4 is 4.72 Å². The van der Waals surface area contributed by atoms with E-state index in [0.29, 0.717) is 16.3 Å². The number of aromatic amines is 1. The average molecular weight is 334 g/mol. The fraction of sp³-hybridized carbons (Fsp3) is 0.417. The fourth-order valence-corrected chi connectivity index (χ4v) is 3.87. The molecule has 0 spiro atoms. The van der Waals surface area contributed by atoms with E-state index in [4.69, 9.17) is 23.8 Å². The third-order valence-corrected chi connectivity index (χ3v) is 4.31.